The Bertz CT molecular complexity index is 698. The van der Waals surface area contributed by atoms with Crippen LogP contribution in [-0.2, 0) is 28.8 Å². The largest absolute Gasteiger partial charge is 0.480 e. The summed E-state index contributed by atoms with van der Waals surface area (Å²) in [5.74, 6) is -10.5. The molecule has 0 radical (unpaired) electrons. The van der Waals surface area contributed by atoms with Gasteiger partial charge in [0, 0.05) is 12.2 Å². The summed E-state index contributed by atoms with van der Waals surface area (Å²) in [5.41, 5.74) is -6.24. The second-order valence-electron chi connectivity index (χ2n) is 5.31. The zero-order chi connectivity index (χ0) is 21.6. The predicted molar refractivity (Wildman–Crippen MR) is 82.8 cm³/mol. The van der Waals surface area contributed by atoms with Gasteiger partial charge in [0.2, 0.25) is 5.41 Å². The Hall–Kier alpha value is -3.70. The lowest BCUT2D eigenvalue weighted by molar-refractivity contribution is -0.193. The Morgan fingerprint density at radius 1 is 0.778 bits per heavy atom. The first-order valence-corrected chi connectivity index (χ1v) is 7.03. The molecule has 0 aromatic rings. The molecule has 0 aliphatic heterocycles. The van der Waals surface area contributed by atoms with Gasteiger partial charge in [0.05, 0.1) is 0 Å². The van der Waals surface area contributed by atoms with E-state index >= 15 is 0 Å². The third-order valence-electron chi connectivity index (χ3n) is 3.94. The van der Waals surface area contributed by atoms with Crippen LogP contribution >= 0.6 is 0 Å². The molecule has 0 fully saturated rings. The van der Waals surface area contributed by atoms with Gasteiger partial charge in [-0.2, -0.15) is 0 Å². The molecule has 1 rings (SSSR count). The highest BCUT2D eigenvalue weighted by Gasteiger charge is 2.72. The second-order valence-corrected chi connectivity index (χ2v) is 5.31. The van der Waals surface area contributed by atoms with E-state index in [1.165, 1.54) is 6.08 Å². The molecule has 12 nitrogen and oxygen atoms in total. The van der Waals surface area contributed by atoms with Gasteiger partial charge in [0.1, 0.15) is 0 Å². The van der Waals surface area contributed by atoms with Crippen LogP contribution in [0.5, 0.6) is 0 Å². The number of allylic oxidation sites excluding steroid dienone is 1. The van der Waals surface area contributed by atoms with Gasteiger partial charge in [-0.1, -0.05) is 6.08 Å². The van der Waals surface area contributed by atoms with Gasteiger partial charge in [-0.3, -0.25) is 19.2 Å². The van der Waals surface area contributed by atoms with Crippen molar-refractivity contribution in [3.05, 3.63) is 23.8 Å². The third kappa shape index (κ3) is 4.11. The molecule has 0 saturated heterocycles. The molecule has 0 amide bonds. The van der Waals surface area contributed by atoms with Gasteiger partial charge in [-0.05, 0) is 25.3 Å². The lowest BCUT2D eigenvalue weighted by atomic mass is 9.55. The molecule has 0 spiro atoms. The van der Waals surface area contributed by atoms with Gasteiger partial charge in [0.15, 0.2) is 5.41 Å². The minimum Gasteiger partial charge on any atom is -0.480 e. The van der Waals surface area contributed by atoms with E-state index in [0.29, 0.717) is 12.2 Å². The summed E-state index contributed by atoms with van der Waals surface area (Å²) in [6.07, 6.45) is 1.73. The van der Waals surface area contributed by atoms with Crippen molar-refractivity contribution < 1.29 is 59.4 Å². The Morgan fingerprint density at radius 2 is 1.15 bits per heavy atom. The van der Waals surface area contributed by atoms with E-state index in [9.17, 15) is 49.2 Å². The van der Waals surface area contributed by atoms with Crippen LogP contribution in [0.1, 0.15) is 19.8 Å². The lowest BCUT2D eigenvalue weighted by Crippen LogP contribution is -2.62. The van der Waals surface area contributed by atoms with E-state index in [2.05, 4.69) is 0 Å². The smallest absolute Gasteiger partial charge is 0.328 e. The highest BCUT2D eigenvalue weighted by molar-refractivity contribution is 6.15. The molecule has 0 atom stereocenters. The number of hydrogen-bond donors (Lipinski definition) is 6. The zero-order valence-corrected chi connectivity index (χ0v) is 13.8. The van der Waals surface area contributed by atoms with Gasteiger partial charge >= 0.3 is 35.8 Å². The number of hydrogen-bond acceptors (Lipinski definition) is 6. The van der Waals surface area contributed by atoms with Crippen molar-refractivity contribution in [2.75, 3.05) is 0 Å². The predicted octanol–water partition coefficient (Wildman–Crippen LogP) is -0.250. The molecular formula is C15H16O12. The maximum Gasteiger partial charge on any atom is 0.328 e. The number of carboxylic acid groups (broad SMARTS) is 6. The van der Waals surface area contributed by atoms with Crippen molar-refractivity contribution in [1.29, 1.82) is 0 Å². The monoisotopic (exact) mass is 388 g/mol. The lowest BCUT2D eigenvalue weighted by Gasteiger charge is -2.41. The highest BCUT2D eigenvalue weighted by atomic mass is 16.4. The normalized spacial score (nSPS) is 17.0. The van der Waals surface area contributed by atoms with Crippen LogP contribution < -0.4 is 0 Å². The molecule has 27 heavy (non-hydrogen) atoms. The van der Waals surface area contributed by atoms with E-state index in [-0.39, 0.29) is 12.0 Å². The van der Waals surface area contributed by atoms with Gasteiger partial charge in [-0.15, -0.1) is 0 Å². The van der Waals surface area contributed by atoms with Gasteiger partial charge in [-0.25, -0.2) is 9.59 Å². The minimum atomic E-state index is -3.01. The van der Waals surface area contributed by atoms with E-state index in [0.717, 1.165) is 6.92 Å². The van der Waals surface area contributed by atoms with Gasteiger partial charge in [0.25, 0.3) is 0 Å². The first-order chi connectivity index (χ1) is 12.3. The van der Waals surface area contributed by atoms with Crippen molar-refractivity contribution in [2.45, 2.75) is 19.8 Å². The Kier molecular flexibility index (Phi) is 7.42. The number of carboxylic acids is 6. The van der Waals surface area contributed by atoms with Crippen LogP contribution in [0.4, 0.5) is 0 Å². The maximum absolute atomic E-state index is 11.4. The SMILES string of the molecule is CC1=CCCC(C(=O)O)(C(=O)O)C1(C(=O)O)C(=O)O.O=C(O)/C=C\C(=O)O. The Balaban J connectivity index is 0.000000713. The number of rotatable bonds is 6. The average molecular weight is 388 g/mol. The summed E-state index contributed by atoms with van der Waals surface area (Å²) < 4.78 is 0. The molecule has 12 heteroatoms. The van der Waals surface area contributed by atoms with Crippen LogP contribution in [0.15, 0.2) is 23.8 Å². The molecule has 0 aromatic carbocycles. The van der Waals surface area contributed by atoms with Crippen LogP contribution in [0, 0.1) is 10.8 Å². The molecule has 0 saturated carbocycles. The summed E-state index contributed by atoms with van der Waals surface area (Å²) in [4.78, 5) is 64.6. The molecule has 148 valence electrons. The first kappa shape index (κ1) is 23.3. The standard InChI is InChI=1S/C11H12O8.C4H4O4/c1-5-3-2-4-10(6(12)13,7(14)15)11(5,8(16)17)9(18)19;5-3(6)1-2-4(7)8/h3H,2,4H2,1H3,(H,12,13)(H,14,15)(H,16,17)(H,18,19);1-2H,(H,5,6)(H,7,8)/b;2-1-. The fraction of sp³-hybridized carbons (Fsp3) is 0.333. The van der Waals surface area contributed by atoms with Crippen molar-refractivity contribution in [2.24, 2.45) is 10.8 Å². The fourth-order valence-corrected chi connectivity index (χ4v) is 2.74. The van der Waals surface area contributed by atoms with E-state index in [4.69, 9.17) is 10.2 Å². The number of carbonyl (C=O) groups is 6. The van der Waals surface area contributed by atoms with E-state index in [1.807, 2.05) is 0 Å². The number of aliphatic carboxylic acids is 6. The Labute approximate surface area is 150 Å². The van der Waals surface area contributed by atoms with Crippen LogP contribution in [0.2, 0.25) is 0 Å². The van der Waals surface area contributed by atoms with E-state index in [1.54, 1.807) is 0 Å². The molecule has 1 aliphatic rings. The van der Waals surface area contributed by atoms with Crippen molar-refractivity contribution in [3.63, 3.8) is 0 Å². The molecular weight excluding hydrogens is 372 g/mol. The second kappa shape index (κ2) is 8.60. The quantitative estimate of drug-likeness (QED) is 0.197. The fourth-order valence-electron chi connectivity index (χ4n) is 2.74. The van der Waals surface area contributed by atoms with E-state index < -0.39 is 53.1 Å². The summed E-state index contributed by atoms with van der Waals surface area (Å²) in [7, 11) is 0. The van der Waals surface area contributed by atoms with Crippen LogP contribution in [0.25, 0.3) is 0 Å². The molecule has 0 unspecified atom stereocenters. The summed E-state index contributed by atoms with van der Waals surface area (Å²) >= 11 is 0. The third-order valence-corrected chi connectivity index (χ3v) is 3.94. The zero-order valence-electron chi connectivity index (χ0n) is 13.8. The topological polar surface area (TPSA) is 224 Å². The van der Waals surface area contributed by atoms with Crippen molar-refractivity contribution >= 4 is 35.8 Å². The molecule has 1 aliphatic carbocycles. The van der Waals surface area contributed by atoms with Crippen molar-refractivity contribution in [3.8, 4) is 0 Å². The molecule has 0 heterocycles. The minimum absolute atomic E-state index is 0.0211. The first-order valence-electron chi connectivity index (χ1n) is 7.03. The highest BCUT2D eigenvalue weighted by Crippen LogP contribution is 2.52. The summed E-state index contributed by atoms with van der Waals surface area (Å²) in [6.45, 7) is 1.11. The van der Waals surface area contributed by atoms with Crippen LogP contribution in [-0.4, -0.2) is 66.5 Å². The Morgan fingerprint density at radius 3 is 1.37 bits per heavy atom. The molecule has 0 bridgehead atoms. The van der Waals surface area contributed by atoms with Gasteiger partial charge < -0.3 is 30.6 Å². The average Bonchev–Trinajstić information content (AvgIpc) is 2.51. The maximum atomic E-state index is 11.4. The molecule has 0 aromatic heterocycles. The summed E-state index contributed by atoms with van der Waals surface area (Å²) in [6, 6.07) is 0. The molecule has 6 N–H and O–H groups in total. The van der Waals surface area contributed by atoms with Crippen LogP contribution in [0.3, 0.4) is 0 Å². The van der Waals surface area contributed by atoms with Crippen molar-refractivity contribution in [1.82, 2.24) is 0 Å². The summed E-state index contributed by atoms with van der Waals surface area (Å²) in [5, 5.41) is 52.4.